The summed E-state index contributed by atoms with van der Waals surface area (Å²) < 4.78 is 32.0. The van der Waals surface area contributed by atoms with E-state index in [1.807, 2.05) is 0 Å². The van der Waals surface area contributed by atoms with Crippen molar-refractivity contribution in [2.24, 2.45) is 0 Å². The fourth-order valence-electron chi connectivity index (χ4n) is 2.85. The standard InChI is InChI=1S/C20H14N2O6S/c1-13-6-8-14(9-7-13)29(26,27)22-11-10-21(20(22)25)19(24)18-12-16(23)15-4-2-3-5-17(15)28-18/h2-12H,1H3. The fourth-order valence-corrected chi connectivity index (χ4v) is 4.07. The number of benzene rings is 2. The maximum atomic E-state index is 12.7. The number of hydrogen-bond donors (Lipinski definition) is 0. The van der Waals surface area contributed by atoms with Crippen LogP contribution in [0.3, 0.4) is 0 Å². The molecule has 29 heavy (non-hydrogen) atoms. The molecule has 0 bridgehead atoms. The van der Waals surface area contributed by atoms with E-state index in [2.05, 4.69) is 0 Å². The number of carbonyl (C=O) groups is 1. The highest BCUT2D eigenvalue weighted by molar-refractivity contribution is 7.90. The van der Waals surface area contributed by atoms with E-state index in [0.717, 1.165) is 24.0 Å². The summed E-state index contributed by atoms with van der Waals surface area (Å²) in [7, 11) is -4.19. The second kappa shape index (κ2) is 6.71. The first-order chi connectivity index (χ1) is 13.8. The predicted molar refractivity (Wildman–Crippen MR) is 105 cm³/mol. The van der Waals surface area contributed by atoms with Crippen LogP contribution >= 0.6 is 0 Å². The monoisotopic (exact) mass is 410 g/mol. The highest BCUT2D eigenvalue weighted by Gasteiger charge is 2.24. The van der Waals surface area contributed by atoms with Gasteiger partial charge in [0.25, 0.3) is 10.0 Å². The van der Waals surface area contributed by atoms with Gasteiger partial charge in [-0.05, 0) is 31.2 Å². The smallest absolute Gasteiger partial charge is 0.349 e. The van der Waals surface area contributed by atoms with Gasteiger partial charge in [0.1, 0.15) is 5.58 Å². The molecule has 4 rings (SSSR count). The van der Waals surface area contributed by atoms with Gasteiger partial charge in [-0.3, -0.25) is 9.59 Å². The van der Waals surface area contributed by atoms with E-state index in [-0.39, 0.29) is 21.6 Å². The number of para-hydroxylation sites is 1. The van der Waals surface area contributed by atoms with Crippen molar-refractivity contribution < 1.29 is 17.6 Å². The van der Waals surface area contributed by atoms with Gasteiger partial charge in [0.2, 0.25) is 0 Å². The highest BCUT2D eigenvalue weighted by Crippen LogP contribution is 2.15. The van der Waals surface area contributed by atoms with Gasteiger partial charge in [0.15, 0.2) is 11.2 Å². The number of nitrogens with zero attached hydrogens (tertiary/aromatic N) is 2. The molecule has 146 valence electrons. The van der Waals surface area contributed by atoms with Gasteiger partial charge in [0.05, 0.1) is 10.3 Å². The largest absolute Gasteiger partial charge is 0.451 e. The lowest BCUT2D eigenvalue weighted by atomic mass is 10.2. The number of imidazole rings is 1. The molecule has 0 aliphatic rings. The van der Waals surface area contributed by atoms with Crippen LogP contribution in [0.2, 0.25) is 0 Å². The Labute approximate surface area is 164 Å². The molecule has 0 aliphatic heterocycles. The van der Waals surface area contributed by atoms with Crippen molar-refractivity contribution in [2.75, 3.05) is 0 Å². The maximum absolute atomic E-state index is 12.7. The van der Waals surface area contributed by atoms with Gasteiger partial charge in [-0.2, -0.15) is 3.97 Å². The van der Waals surface area contributed by atoms with Crippen LogP contribution < -0.4 is 11.1 Å². The average Bonchev–Trinajstić information content (AvgIpc) is 3.10. The third-order valence-electron chi connectivity index (χ3n) is 4.39. The third-order valence-corrected chi connectivity index (χ3v) is 6.05. The van der Waals surface area contributed by atoms with Gasteiger partial charge in [0, 0.05) is 18.5 Å². The van der Waals surface area contributed by atoms with Crippen LogP contribution in [-0.2, 0) is 10.0 Å². The zero-order valence-corrected chi connectivity index (χ0v) is 15.9. The summed E-state index contributed by atoms with van der Waals surface area (Å²) in [6, 6.07) is 13.3. The molecule has 0 fully saturated rings. The number of rotatable bonds is 3. The molecule has 8 nitrogen and oxygen atoms in total. The lowest BCUT2D eigenvalue weighted by Crippen LogP contribution is -2.32. The van der Waals surface area contributed by atoms with Gasteiger partial charge >= 0.3 is 11.6 Å². The molecule has 9 heteroatoms. The Kier molecular flexibility index (Phi) is 4.31. The number of aromatic nitrogens is 2. The van der Waals surface area contributed by atoms with Gasteiger partial charge < -0.3 is 4.42 Å². The summed E-state index contributed by atoms with van der Waals surface area (Å²) in [6.45, 7) is 1.80. The Balaban J connectivity index is 1.79. The van der Waals surface area contributed by atoms with E-state index in [1.165, 1.54) is 18.2 Å². The molecule has 2 aromatic carbocycles. The van der Waals surface area contributed by atoms with E-state index in [0.29, 0.717) is 8.54 Å². The van der Waals surface area contributed by atoms with Crippen LogP contribution in [0.1, 0.15) is 16.1 Å². The molecular weight excluding hydrogens is 396 g/mol. The van der Waals surface area contributed by atoms with E-state index >= 15 is 0 Å². The number of aryl methyl sites for hydroxylation is 1. The minimum Gasteiger partial charge on any atom is -0.451 e. The molecule has 2 aromatic heterocycles. The minimum atomic E-state index is -4.19. The van der Waals surface area contributed by atoms with E-state index < -0.39 is 27.0 Å². The van der Waals surface area contributed by atoms with Crippen LogP contribution in [0.4, 0.5) is 0 Å². The Bertz CT molecular complexity index is 1470. The number of carbonyl (C=O) groups excluding carboxylic acids is 1. The van der Waals surface area contributed by atoms with Crippen molar-refractivity contribution in [1.29, 1.82) is 0 Å². The van der Waals surface area contributed by atoms with Gasteiger partial charge in [-0.1, -0.05) is 29.8 Å². The molecule has 0 amide bonds. The molecule has 2 heterocycles. The second-order valence-electron chi connectivity index (χ2n) is 6.34. The van der Waals surface area contributed by atoms with E-state index in [1.54, 1.807) is 37.3 Å². The lowest BCUT2D eigenvalue weighted by Gasteiger charge is -2.05. The molecule has 0 saturated heterocycles. The zero-order valence-electron chi connectivity index (χ0n) is 15.1. The molecule has 0 unspecified atom stereocenters. The Morgan fingerprint density at radius 3 is 2.38 bits per heavy atom. The summed E-state index contributed by atoms with van der Waals surface area (Å²) in [4.78, 5) is 37.4. The summed E-state index contributed by atoms with van der Waals surface area (Å²) in [5.41, 5.74) is -0.500. The molecule has 4 aromatic rings. The van der Waals surface area contributed by atoms with Gasteiger partial charge in [-0.15, -0.1) is 0 Å². The fraction of sp³-hybridized carbons (Fsp3) is 0.0500. The van der Waals surface area contributed by atoms with Crippen LogP contribution in [0.25, 0.3) is 11.0 Å². The average molecular weight is 410 g/mol. The molecule has 0 aliphatic carbocycles. The first kappa shape index (κ1) is 18.6. The summed E-state index contributed by atoms with van der Waals surface area (Å²) in [5.74, 6) is -1.32. The number of hydrogen-bond acceptors (Lipinski definition) is 6. The van der Waals surface area contributed by atoms with Crippen molar-refractivity contribution in [3.8, 4) is 0 Å². The summed E-state index contributed by atoms with van der Waals surface area (Å²) in [6.07, 6.45) is 2.00. The van der Waals surface area contributed by atoms with E-state index in [4.69, 9.17) is 4.42 Å². The third kappa shape index (κ3) is 3.11. The molecule has 0 spiro atoms. The van der Waals surface area contributed by atoms with Crippen molar-refractivity contribution in [3.63, 3.8) is 0 Å². The lowest BCUT2D eigenvalue weighted by molar-refractivity contribution is 0.0929. The quantitative estimate of drug-likeness (QED) is 0.511. The van der Waals surface area contributed by atoms with Crippen LogP contribution in [-0.4, -0.2) is 22.9 Å². The molecule has 0 atom stereocenters. The zero-order chi connectivity index (χ0) is 20.8. The predicted octanol–water partition coefficient (Wildman–Crippen LogP) is 1.99. The van der Waals surface area contributed by atoms with Crippen LogP contribution in [0.5, 0.6) is 0 Å². The Morgan fingerprint density at radius 1 is 0.966 bits per heavy atom. The van der Waals surface area contributed by atoms with Crippen molar-refractivity contribution in [1.82, 2.24) is 8.54 Å². The van der Waals surface area contributed by atoms with Crippen molar-refractivity contribution in [3.05, 3.63) is 99.0 Å². The molecule has 0 radical (unpaired) electrons. The first-order valence-electron chi connectivity index (χ1n) is 8.49. The Hall–Kier alpha value is -3.72. The summed E-state index contributed by atoms with van der Waals surface area (Å²) in [5, 5.41) is 0.288. The molecular formula is C20H14N2O6S. The SMILES string of the molecule is Cc1ccc(S(=O)(=O)n2ccn(C(=O)c3cc(=O)c4ccccc4o3)c2=O)cc1. The van der Waals surface area contributed by atoms with E-state index in [9.17, 15) is 22.8 Å². The van der Waals surface area contributed by atoms with Crippen molar-refractivity contribution >= 4 is 26.9 Å². The highest BCUT2D eigenvalue weighted by atomic mass is 32.2. The number of fused-ring (bicyclic) bond motifs is 1. The first-order valence-corrected chi connectivity index (χ1v) is 9.93. The molecule has 0 N–H and O–H groups in total. The topological polar surface area (TPSA) is 108 Å². The summed E-state index contributed by atoms with van der Waals surface area (Å²) >= 11 is 0. The Morgan fingerprint density at radius 2 is 1.66 bits per heavy atom. The minimum absolute atomic E-state index is 0.0902. The van der Waals surface area contributed by atoms with Crippen molar-refractivity contribution in [2.45, 2.75) is 11.8 Å². The second-order valence-corrected chi connectivity index (χ2v) is 8.16. The normalized spacial score (nSPS) is 11.6. The maximum Gasteiger partial charge on any atom is 0.349 e. The molecule has 0 saturated carbocycles. The van der Waals surface area contributed by atoms with Crippen LogP contribution in [0.15, 0.2) is 85.9 Å². The van der Waals surface area contributed by atoms with Gasteiger partial charge in [-0.25, -0.2) is 17.8 Å². The van der Waals surface area contributed by atoms with Crippen LogP contribution in [0, 0.1) is 6.92 Å².